The average Bonchev–Trinajstić information content (AvgIpc) is 3.61. The first kappa shape index (κ1) is 35.1. The van der Waals surface area contributed by atoms with Gasteiger partial charge >= 0.3 is 18.3 Å². The number of carboxylic acids is 1. The second-order valence-corrected chi connectivity index (χ2v) is 12.0. The van der Waals surface area contributed by atoms with Crippen LogP contribution in [0.15, 0.2) is 43.0 Å². The number of likely N-dealkylation sites (tertiary alicyclic amines) is 1. The summed E-state index contributed by atoms with van der Waals surface area (Å²) >= 11 is 0. The maximum atomic E-state index is 13.7. The molecule has 10 nitrogen and oxygen atoms in total. The molecule has 1 aliphatic heterocycles. The van der Waals surface area contributed by atoms with Crippen molar-refractivity contribution < 1.29 is 46.1 Å². The van der Waals surface area contributed by atoms with Crippen molar-refractivity contribution in [2.24, 2.45) is 12.5 Å². The van der Waals surface area contributed by atoms with E-state index in [1.54, 1.807) is 29.0 Å². The van der Waals surface area contributed by atoms with Crippen LogP contribution in [0.4, 0.5) is 32.3 Å². The summed E-state index contributed by atoms with van der Waals surface area (Å²) in [6, 6.07) is 0.608. The van der Waals surface area contributed by atoms with Crippen LogP contribution in [-0.4, -0.2) is 72.5 Å². The normalized spacial score (nSPS) is 18.6. The van der Waals surface area contributed by atoms with E-state index in [0.29, 0.717) is 36.1 Å². The fourth-order valence-electron chi connectivity index (χ4n) is 5.30. The van der Waals surface area contributed by atoms with Crippen molar-refractivity contribution in [2.75, 3.05) is 18.1 Å². The zero-order valence-electron chi connectivity index (χ0n) is 25.7. The number of aliphatic hydroxyl groups is 1. The van der Waals surface area contributed by atoms with Gasteiger partial charge in [0.2, 0.25) is 12.4 Å². The van der Waals surface area contributed by atoms with Crippen LogP contribution in [0.5, 0.6) is 0 Å². The number of halogens is 6. The maximum Gasteiger partial charge on any atom is 0.416 e. The highest BCUT2D eigenvalue weighted by molar-refractivity contribution is 5.73. The Morgan fingerprint density at radius 1 is 1.04 bits per heavy atom. The minimum Gasteiger partial charge on any atom is -0.481 e. The van der Waals surface area contributed by atoms with E-state index in [1.807, 2.05) is 6.92 Å². The third-order valence-electron chi connectivity index (χ3n) is 8.14. The number of aliphatic carboxylic acids is 1. The van der Waals surface area contributed by atoms with E-state index in [0.717, 1.165) is 0 Å². The predicted octanol–water partition coefficient (Wildman–Crippen LogP) is 5.57. The standard InChI is InChI=1S/C30H36F6N6O4/c1-5-23-11-24(17-42(23)27(45)46-7-6-28(2,3)25(43)44)41(26-37-12-19(13-38-26)20-14-39-40(4)16-20)15-18-8-21(29(31,32)33)10-22(9-18)30(34,35)36/h8-10,12-14,16,23-24,27,45H,5-7,11,15,17H2,1-4H3,(H,43,44)/t23-,24+,27?/m1/s1. The molecular formula is C30H36F6N6O4. The lowest BCUT2D eigenvalue weighted by Crippen LogP contribution is -2.43. The lowest BCUT2D eigenvalue weighted by molar-refractivity contribution is -0.201. The average molecular weight is 659 g/mol. The molecule has 3 heterocycles. The van der Waals surface area contributed by atoms with Gasteiger partial charge in [-0.05, 0) is 56.9 Å². The largest absolute Gasteiger partial charge is 0.481 e. The Balaban J connectivity index is 1.66. The molecule has 0 spiro atoms. The number of anilines is 1. The summed E-state index contributed by atoms with van der Waals surface area (Å²) in [6.07, 6.45) is -4.14. The molecule has 0 saturated carbocycles. The lowest BCUT2D eigenvalue weighted by Gasteiger charge is -2.31. The van der Waals surface area contributed by atoms with E-state index in [9.17, 15) is 41.4 Å². The Hall–Kier alpha value is -3.76. The minimum atomic E-state index is -5.02. The number of nitrogens with zero attached hydrogens (tertiary/aromatic N) is 6. The number of ether oxygens (including phenoxy) is 1. The summed E-state index contributed by atoms with van der Waals surface area (Å²) in [5.74, 6) is -0.953. The van der Waals surface area contributed by atoms with Crippen LogP contribution in [0.1, 0.15) is 56.7 Å². The maximum absolute atomic E-state index is 13.7. The van der Waals surface area contributed by atoms with Gasteiger partial charge in [0.05, 0.1) is 29.3 Å². The molecule has 0 bridgehead atoms. The Kier molecular flexibility index (Phi) is 10.3. The number of hydrogen-bond donors (Lipinski definition) is 2. The highest BCUT2D eigenvalue weighted by Crippen LogP contribution is 2.38. The third-order valence-corrected chi connectivity index (χ3v) is 8.14. The summed E-state index contributed by atoms with van der Waals surface area (Å²) in [7, 11) is 1.73. The fourth-order valence-corrected chi connectivity index (χ4v) is 5.30. The van der Waals surface area contributed by atoms with Gasteiger partial charge in [-0.1, -0.05) is 6.92 Å². The van der Waals surface area contributed by atoms with E-state index in [4.69, 9.17) is 4.74 Å². The number of benzene rings is 1. The van der Waals surface area contributed by atoms with Crippen LogP contribution in [0.2, 0.25) is 0 Å². The van der Waals surface area contributed by atoms with Gasteiger partial charge in [0.1, 0.15) is 0 Å². The van der Waals surface area contributed by atoms with Crippen molar-refractivity contribution in [3.63, 3.8) is 0 Å². The van der Waals surface area contributed by atoms with Crippen molar-refractivity contribution in [3.8, 4) is 11.1 Å². The van der Waals surface area contributed by atoms with Crippen LogP contribution in [0.3, 0.4) is 0 Å². The SMILES string of the molecule is CC[C@@H]1C[C@H](N(Cc2cc(C(F)(F)F)cc(C(F)(F)F)c2)c2ncc(-c3cnn(C)c3)cn2)CN1C(O)OCCC(C)(C)C(=O)O. The lowest BCUT2D eigenvalue weighted by atomic mass is 9.90. The quantitative estimate of drug-likeness (QED) is 0.190. The van der Waals surface area contributed by atoms with E-state index in [-0.39, 0.29) is 43.2 Å². The summed E-state index contributed by atoms with van der Waals surface area (Å²) in [5, 5.41) is 24.4. The molecule has 3 aromatic rings. The summed E-state index contributed by atoms with van der Waals surface area (Å²) in [6.45, 7) is 4.58. The van der Waals surface area contributed by atoms with E-state index in [2.05, 4.69) is 15.1 Å². The minimum absolute atomic E-state index is 0.0643. The number of rotatable bonds is 12. The number of aryl methyl sites for hydroxylation is 1. The second-order valence-electron chi connectivity index (χ2n) is 12.0. The van der Waals surface area contributed by atoms with Gasteiger partial charge < -0.3 is 19.8 Å². The van der Waals surface area contributed by atoms with Crippen molar-refractivity contribution in [3.05, 3.63) is 59.7 Å². The third kappa shape index (κ3) is 8.33. The Labute approximate surface area is 261 Å². The number of aromatic nitrogens is 4. The van der Waals surface area contributed by atoms with Gasteiger partial charge in [0.25, 0.3) is 0 Å². The zero-order chi connectivity index (χ0) is 34.0. The molecular weight excluding hydrogens is 622 g/mol. The molecule has 1 unspecified atom stereocenters. The zero-order valence-corrected chi connectivity index (χ0v) is 25.7. The summed E-state index contributed by atoms with van der Waals surface area (Å²) in [5.41, 5.74) is -2.90. The molecule has 3 atom stereocenters. The molecule has 1 aromatic carbocycles. The highest BCUT2D eigenvalue weighted by atomic mass is 19.4. The molecule has 1 fully saturated rings. The Bertz CT molecular complexity index is 1460. The molecule has 1 saturated heterocycles. The molecule has 252 valence electrons. The number of carbonyl (C=O) groups is 1. The molecule has 16 heteroatoms. The molecule has 4 rings (SSSR count). The molecule has 0 aliphatic carbocycles. The molecule has 2 aromatic heterocycles. The van der Waals surface area contributed by atoms with Gasteiger partial charge in [-0.15, -0.1) is 0 Å². The van der Waals surface area contributed by atoms with Crippen molar-refractivity contribution in [1.29, 1.82) is 0 Å². The van der Waals surface area contributed by atoms with E-state index >= 15 is 0 Å². The van der Waals surface area contributed by atoms with Gasteiger partial charge in [-0.25, -0.2) is 9.97 Å². The first-order valence-corrected chi connectivity index (χ1v) is 14.5. The van der Waals surface area contributed by atoms with Crippen LogP contribution in [-0.2, 0) is 35.5 Å². The fraction of sp³-hybridized carbons (Fsp3) is 0.533. The number of alkyl halides is 6. The predicted molar refractivity (Wildman–Crippen MR) is 154 cm³/mol. The molecule has 46 heavy (non-hydrogen) atoms. The Morgan fingerprint density at radius 2 is 1.65 bits per heavy atom. The van der Waals surface area contributed by atoms with Crippen molar-refractivity contribution in [2.45, 2.75) is 77.4 Å². The van der Waals surface area contributed by atoms with Gasteiger partial charge in [0, 0.05) is 61.9 Å². The van der Waals surface area contributed by atoms with Crippen LogP contribution in [0, 0.1) is 5.41 Å². The molecule has 1 aliphatic rings. The first-order chi connectivity index (χ1) is 21.4. The summed E-state index contributed by atoms with van der Waals surface area (Å²) in [4.78, 5) is 23.4. The smallest absolute Gasteiger partial charge is 0.416 e. The topological polar surface area (TPSA) is 117 Å². The molecule has 2 N–H and O–H groups in total. The number of carboxylic acid groups (broad SMARTS) is 1. The van der Waals surface area contributed by atoms with Crippen LogP contribution >= 0.6 is 0 Å². The second kappa shape index (κ2) is 13.5. The number of aliphatic hydroxyl groups excluding tert-OH is 1. The van der Waals surface area contributed by atoms with Crippen LogP contribution < -0.4 is 4.90 Å². The highest BCUT2D eigenvalue weighted by Gasteiger charge is 2.41. The van der Waals surface area contributed by atoms with Gasteiger partial charge in [-0.3, -0.25) is 14.4 Å². The van der Waals surface area contributed by atoms with Crippen molar-refractivity contribution in [1.82, 2.24) is 24.6 Å². The summed E-state index contributed by atoms with van der Waals surface area (Å²) < 4.78 is 89.2. The van der Waals surface area contributed by atoms with Crippen molar-refractivity contribution >= 4 is 11.9 Å². The van der Waals surface area contributed by atoms with Gasteiger partial charge in [0.15, 0.2) is 0 Å². The van der Waals surface area contributed by atoms with Crippen LogP contribution in [0.25, 0.3) is 11.1 Å². The number of hydrogen-bond acceptors (Lipinski definition) is 8. The first-order valence-electron chi connectivity index (χ1n) is 14.5. The van der Waals surface area contributed by atoms with Gasteiger partial charge in [-0.2, -0.15) is 31.4 Å². The molecule has 0 radical (unpaired) electrons. The monoisotopic (exact) mass is 658 g/mol. The van der Waals surface area contributed by atoms with E-state index in [1.165, 1.54) is 31.1 Å². The molecule has 0 amide bonds. The van der Waals surface area contributed by atoms with E-state index < -0.39 is 53.9 Å². The Morgan fingerprint density at radius 3 is 2.15 bits per heavy atom.